The van der Waals surface area contributed by atoms with E-state index in [0.717, 1.165) is 25.0 Å². The summed E-state index contributed by atoms with van der Waals surface area (Å²) in [5.74, 6) is 0.722. The molecule has 5 rings (SSSR count). The normalized spacial score (nSPS) is 23.7. The molecule has 1 heterocycles. The molecule has 206 valence electrons. The molecule has 2 bridgehead atoms. The van der Waals surface area contributed by atoms with Crippen LogP contribution in [0.1, 0.15) is 55.4 Å². The Kier molecular flexibility index (Phi) is 6.77. The number of methoxy groups -OCH3 is 1. The topological polar surface area (TPSA) is 86.1 Å². The number of thioether (sulfide) groups is 1. The highest BCUT2D eigenvalue weighted by Gasteiger charge is 2.66. The van der Waals surface area contributed by atoms with Gasteiger partial charge < -0.3 is 10.1 Å². The summed E-state index contributed by atoms with van der Waals surface area (Å²) in [5.41, 5.74) is -0.878. The van der Waals surface area contributed by atoms with Gasteiger partial charge in [-0.2, -0.15) is 13.2 Å². The summed E-state index contributed by atoms with van der Waals surface area (Å²) in [6, 6.07) is 11.4. The van der Waals surface area contributed by atoms with Crippen molar-refractivity contribution in [2.24, 2.45) is 16.7 Å². The van der Waals surface area contributed by atoms with Crippen LogP contribution < -0.4 is 10.1 Å². The predicted molar refractivity (Wildman–Crippen MR) is 140 cm³/mol. The highest BCUT2D eigenvalue weighted by Crippen LogP contribution is 2.66. The summed E-state index contributed by atoms with van der Waals surface area (Å²) in [7, 11) is 1.52. The van der Waals surface area contributed by atoms with Crippen molar-refractivity contribution in [1.29, 1.82) is 0 Å². The first-order chi connectivity index (χ1) is 18.4. The highest BCUT2D eigenvalue weighted by atomic mass is 32.2. The standard InChI is InChI=1S/C28H29F3N4O3S/c1-26(2)20-12-13-27(26,3)23(36)22(20)39-25-34-33-21(15-32-24(37)16-8-10-19(38-4)11-9-16)35(25)18-7-5-6-17(14-18)28(29,30)31/h5-11,14,20,22H,12-13,15H2,1-4H3,(H,32,37). The van der Waals surface area contributed by atoms with Crippen LogP contribution in [0.25, 0.3) is 5.69 Å². The van der Waals surface area contributed by atoms with Gasteiger partial charge in [-0.15, -0.1) is 10.2 Å². The number of ether oxygens (including phenoxy) is 1. The molecule has 2 saturated carbocycles. The Labute approximate surface area is 228 Å². The number of hydrogen-bond acceptors (Lipinski definition) is 6. The minimum absolute atomic E-state index is 0.0834. The van der Waals surface area contributed by atoms with Crippen LogP contribution >= 0.6 is 11.8 Å². The number of halogens is 3. The van der Waals surface area contributed by atoms with Crippen molar-refractivity contribution in [2.75, 3.05) is 7.11 Å². The van der Waals surface area contributed by atoms with E-state index in [0.29, 0.717) is 16.5 Å². The van der Waals surface area contributed by atoms with Gasteiger partial charge >= 0.3 is 6.18 Å². The number of nitrogens with zero attached hydrogens (tertiary/aromatic N) is 3. The fourth-order valence-electron chi connectivity index (χ4n) is 5.83. The number of amides is 1. The molecule has 7 nitrogen and oxygen atoms in total. The monoisotopic (exact) mass is 558 g/mol. The van der Waals surface area contributed by atoms with E-state index in [-0.39, 0.29) is 46.3 Å². The SMILES string of the molecule is COc1ccc(C(=O)NCc2nnc(SC3C(=O)C4(C)CCC3C4(C)C)n2-c2cccc(C(F)(F)F)c2)cc1. The minimum Gasteiger partial charge on any atom is -0.497 e. The molecule has 0 spiro atoms. The maximum absolute atomic E-state index is 13.6. The Bertz CT molecular complexity index is 1420. The molecule has 0 aliphatic heterocycles. The number of nitrogens with one attached hydrogen (secondary N) is 1. The lowest BCUT2D eigenvalue weighted by atomic mass is 9.70. The lowest BCUT2D eigenvalue weighted by Gasteiger charge is -2.32. The zero-order valence-corrected chi connectivity index (χ0v) is 22.8. The number of alkyl halides is 3. The van der Waals surface area contributed by atoms with Crippen LogP contribution in [0, 0.1) is 16.7 Å². The van der Waals surface area contributed by atoms with Crippen LogP contribution in [0.2, 0.25) is 0 Å². The molecule has 3 aromatic rings. The van der Waals surface area contributed by atoms with E-state index < -0.39 is 17.2 Å². The molecule has 2 aromatic carbocycles. The third-order valence-electron chi connectivity index (χ3n) is 8.60. The van der Waals surface area contributed by atoms with E-state index in [4.69, 9.17) is 4.74 Å². The fraction of sp³-hybridized carbons (Fsp3) is 0.429. The van der Waals surface area contributed by atoms with Crippen LogP contribution in [0.3, 0.4) is 0 Å². The third kappa shape index (κ3) is 4.60. The molecule has 3 unspecified atom stereocenters. The van der Waals surface area contributed by atoms with Crippen LogP contribution in [-0.2, 0) is 17.5 Å². The lowest BCUT2D eigenvalue weighted by Crippen LogP contribution is -2.34. The van der Waals surface area contributed by atoms with E-state index in [1.54, 1.807) is 24.3 Å². The molecule has 1 aromatic heterocycles. The smallest absolute Gasteiger partial charge is 0.416 e. The van der Waals surface area contributed by atoms with Gasteiger partial charge in [0.2, 0.25) is 0 Å². The van der Waals surface area contributed by atoms with Crippen LogP contribution in [0.4, 0.5) is 13.2 Å². The Morgan fingerprint density at radius 1 is 1.15 bits per heavy atom. The quantitative estimate of drug-likeness (QED) is 0.400. The fourth-order valence-corrected chi connectivity index (χ4v) is 7.47. The van der Waals surface area contributed by atoms with Gasteiger partial charge in [0.15, 0.2) is 16.8 Å². The molecule has 3 atom stereocenters. The molecule has 39 heavy (non-hydrogen) atoms. The Morgan fingerprint density at radius 3 is 2.49 bits per heavy atom. The van der Waals surface area contributed by atoms with Crippen molar-refractivity contribution in [3.05, 3.63) is 65.5 Å². The third-order valence-corrected chi connectivity index (χ3v) is 9.87. The maximum atomic E-state index is 13.6. The van der Waals surface area contributed by atoms with E-state index >= 15 is 0 Å². The molecule has 11 heteroatoms. The zero-order chi connectivity index (χ0) is 28.2. The summed E-state index contributed by atoms with van der Waals surface area (Å²) in [5, 5.41) is 11.2. The Morgan fingerprint density at radius 2 is 1.87 bits per heavy atom. The van der Waals surface area contributed by atoms with E-state index in [9.17, 15) is 22.8 Å². The molecule has 2 fully saturated rings. The van der Waals surface area contributed by atoms with Crippen molar-refractivity contribution in [2.45, 2.75) is 56.7 Å². The second kappa shape index (κ2) is 9.69. The number of fused-ring (bicyclic) bond motifs is 2. The van der Waals surface area contributed by atoms with Crippen molar-refractivity contribution in [1.82, 2.24) is 20.1 Å². The molecule has 0 saturated heterocycles. The Hall–Kier alpha value is -3.34. The van der Waals surface area contributed by atoms with Crippen LogP contribution in [0.15, 0.2) is 53.7 Å². The van der Waals surface area contributed by atoms with Gasteiger partial charge in [0.25, 0.3) is 5.91 Å². The van der Waals surface area contributed by atoms with Crippen molar-refractivity contribution >= 4 is 23.5 Å². The highest BCUT2D eigenvalue weighted by molar-refractivity contribution is 8.00. The van der Waals surface area contributed by atoms with E-state index in [2.05, 4.69) is 29.4 Å². The first-order valence-corrected chi connectivity index (χ1v) is 13.5. The lowest BCUT2D eigenvalue weighted by molar-refractivity contribution is -0.137. The van der Waals surface area contributed by atoms with Crippen molar-refractivity contribution < 1.29 is 27.5 Å². The van der Waals surface area contributed by atoms with Crippen LogP contribution in [0.5, 0.6) is 5.75 Å². The largest absolute Gasteiger partial charge is 0.497 e. The number of carbonyl (C=O) groups is 2. The molecule has 2 aliphatic carbocycles. The summed E-state index contributed by atoms with van der Waals surface area (Å²) in [6.45, 7) is 6.15. The summed E-state index contributed by atoms with van der Waals surface area (Å²) in [4.78, 5) is 26.2. The number of aromatic nitrogens is 3. The first-order valence-electron chi connectivity index (χ1n) is 12.6. The predicted octanol–water partition coefficient (Wildman–Crippen LogP) is 5.71. The van der Waals surface area contributed by atoms with Gasteiger partial charge in [0.1, 0.15) is 5.75 Å². The number of carbonyl (C=O) groups excluding carboxylic acids is 2. The van der Waals surface area contributed by atoms with Crippen molar-refractivity contribution in [3.63, 3.8) is 0 Å². The number of benzene rings is 2. The molecule has 2 aliphatic rings. The average molecular weight is 559 g/mol. The molecular formula is C28H29F3N4O3S. The van der Waals surface area contributed by atoms with Gasteiger partial charge in [-0.25, -0.2) is 0 Å². The zero-order valence-electron chi connectivity index (χ0n) is 22.0. The minimum atomic E-state index is -4.54. The second-order valence-electron chi connectivity index (χ2n) is 10.8. The first kappa shape index (κ1) is 27.2. The molecule has 0 radical (unpaired) electrons. The number of Topliss-reactive ketones (excluding diaryl/α,β-unsaturated/α-hetero) is 1. The molecular weight excluding hydrogens is 529 g/mol. The number of hydrogen-bond donors (Lipinski definition) is 1. The van der Waals surface area contributed by atoms with Gasteiger partial charge in [0.05, 0.1) is 30.2 Å². The van der Waals surface area contributed by atoms with Crippen LogP contribution in [-0.4, -0.2) is 38.8 Å². The van der Waals surface area contributed by atoms with Gasteiger partial charge in [-0.3, -0.25) is 14.2 Å². The van der Waals surface area contributed by atoms with Gasteiger partial charge in [-0.05, 0) is 66.6 Å². The van der Waals surface area contributed by atoms with Gasteiger partial charge in [0, 0.05) is 11.0 Å². The molecule has 1 amide bonds. The second-order valence-corrected chi connectivity index (χ2v) is 11.9. The number of ketones is 1. The maximum Gasteiger partial charge on any atom is 0.416 e. The van der Waals surface area contributed by atoms with E-state index in [1.165, 1.54) is 35.6 Å². The Balaban J connectivity index is 1.47. The summed E-state index contributed by atoms with van der Waals surface area (Å²) >= 11 is 1.25. The number of rotatable bonds is 7. The molecule has 1 N–H and O–H groups in total. The van der Waals surface area contributed by atoms with E-state index in [1.807, 2.05) is 6.92 Å². The summed E-state index contributed by atoms with van der Waals surface area (Å²) in [6.07, 6.45) is -2.82. The van der Waals surface area contributed by atoms with Gasteiger partial charge in [-0.1, -0.05) is 38.6 Å². The average Bonchev–Trinajstić information content (AvgIpc) is 3.46. The summed E-state index contributed by atoms with van der Waals surface area (Å²) < 4.78 is 47.3. The van der Waals surface area contributed by atoms with Crippen molar-refractivity contribution in [3.8, 4) is 11.4 Å².